The maximum Gasteiger partial charge on any atom is 0.287 e. The van der Waals surface area contributed by atoms with Crippen LogP contribution in [0.5, 0.6) is 0 Å². The molecule has 0 aliphatic carbocycles. The Morgan fingerprint density at radius 1 is 1.19 bits per heavy atom. The second-order valence-corrected chi connectivity index (χ2v) is 7.97. The maximum absolute atomic E-state index is 10.9. The zero-order valence-corrected chi connectivity index (χ0v) is 18.7. The predicted octanol–water partition coefficient (Wildman–Crippen LogP) is 4.36. The Morgan fingerprint density at radius 2 is 2.03 bits per heavy atom. The topological polar surface area (TPSA) is 149 Å². The quantitative estimate of drug-likeness (QED) is 0.243. The number of aromatic amines is 1. The van der Waals surface area contributed by atoms with Crippen molar-refractivity contribution in [2.45, 2.75) is 6.04 Å². The van der Waals surface area contributed by atoms with Gasteiger partial charge in [-0.2, -0.15) is 0 Å². The molecule has 162 valence electrons. The molecule has 0 aliphatic heterocycles. The van der Waals surface area contributed by atoms with Crippen LogP contribution in [0.25, 0.3) is 22.6 Å². The van der Waals surface area contributed by atoms with E-state index in [-0.39, 0.29) is 12.2 Å². The highest BCUT2D eigenvalue weighted by atomic mass is 79.9. The van der Waals surface area contributed by atoms with E-state index in [0.717, 1.165) is 4.47 Å². The molecule has 10 nitrogen and oxygen atoms in total. The summed E-state index contributed by atoms with van der Waals surface area (Å²) in [6.45, 7) is 0.169. The van der Waals surface area contributed by atoms with Gasteiger partial charge in [0.15, 0.2) is 0 Å². The van der Waals surface area contributed by atoms with Crippen molar-refractivity contribution in [2.75, 3.05) is 11.9 Å². The molecule has 1 atom stereocenters. The van der Waals surface area contributed by atoms with Crippen molar-refractivity contribution in [3.8, 4) is 22.6 Å². The number of benzene rings is 1. The van der Waals surface area contributed by atoms with Crippen molar-refractivity contribution in [2.24, 2.45) is 5.73 Å². The van der Waals surface area contributed by atoms with Gasteiger partial charge < -0.3 is 16.0 Å². The molecule has 4 rings (SSSR count). The first-order chi connectivity index (χ1) is 15.5. The monoisotopic (exact) mass is 514 g/mol. The Labute approximate surface area is 195 Å². The maximum atomic E-state index is 10.9. The zero-order chi connectivity index (χ0) is 22.7. The number of imidazole rings is 1. The van der Waals surface area contributed by atoms with E-state index in [1.54, 1.807) is 30.7 Å². The third-order valence-corrected chi connectivity index (χ3v) is 5.41. The number of H-pyrrole nitrogens is 1. The number of rotatable bonds is 7. The number of pyridine rings is 1. The third kappa shape index (κ3) is 4.59. The van der Waals surface area contributed by atoms with Crippen LogP contribution in [-0.4, -0.2) is 36.4 Å². The minimum atomic E-state index is -0.508. The van der Waals surface area contributed by atoms with Crippen molar-refractivity contribution < 1.29 is 4.92 Å². The fraction of sp³-hybridized carbons (Fsp3) is 0.100. The van der Waals surface area contributed by atoms with Crippen molar-refractivity contribution in [1.29, 1.82) is 0 Å². The number of nitrogens with two attached hydrogens (primary N) is 1. The lowest BCUT2D eigenvalue weighted by Gasteiger charge is -2.17. The molecule has 1 aromatic carbocycles. The summed E-state index contributed by atoms with van der Waals surface area (Å²) in [6, 6.07) is 7.96. The van der Waals surface area contributed by atoms with Gasteiger partial charge in [-0.1, -0.05) is 33.6 Å². The molecule has 0 bridgehead atoms. The number of halogens is 2. The predicted molar refractivity (Wildman–Crippen MR) is 124 cm³/mol. The standard InChI is InChI=1S/C20H16BrClN8O2/c21-11-1-3-13(15(22)7-11)18-14(19-24-5-6-25-19)10-27-20(29-18)28-17(8-23)16-4-2-12(9-26-16)30(31)32/h1-7,9-10,17H,8,23H2,(H,24,25)(H,27,28,29). The first-order valence-electron chi connectivity index (χ1n) is 9.35. The minimum absolute atomic E-state index is 0.101. The van der Waals surface area contributed by atoms with Gasteiger partial charge in [-0.15, -0.1) is 0 Å². The van der Waals surface area contributed by atoms with E-state index < -0.39 is 11.0 Å². The van der Waals surface area contributed by atoms with Gasteiger partial charge in [0, 0.05) is 41.2 Å². The van der Waals surface area contributed by atoms with Crippen LogP contribution in [0.4, 0.5) is 11.6 Å². The van der Waals surface area contributed by atoms with Gasteiger partial charge in [-0.25, -0.2) is 15.0 Å². The van der Waals surface area contributed by atoms with Crippen LogP contribution in [0, 0.1) is 10.1 Å². The summed E-state index contributed by atoms with van der Waals surface area (Å²) in [5, 5.41) is 14.5. The van der Waals surface area contributed by atoms with Gasteiger partial charge in [0.1, 0.15) is 12.0 Å². The lowest BCUT2D eigenvalue weighted by atomic mass is 10.1. The van der Waals surface area contributed by atoms with E-state index in [1.165, 1.54) is 12.3 Å². The van der Waals surface area contributed by atoms with Crippen LogP contribution in [0.15, 0.2) is 59.6 Å². The molecule has 3 heterocycles. The number of hydrogen-bond acceptors (Lipinski definition) is 8. The Balaban J connectivity index is 1.72. The highest BCUT2D eigenvalue weighted by molar-refractivity contribution is 9.10. The van der Waals surface area contributed by atoms with Gasteiger partial charge in [0.2, 0.25) is 5.95 Å². The number of hydrogen-bond donors (Lipinski definition) is 3. The van der Waals surface area contributed by atoms with Crippen molar-refractivity contribution in [3.63, 3.8) is 0 Å². The molecule has 0 saturated heterocycles. The molecule has 0 fully saturated rings. The van der Waals surface area contributed by atoms with Crippen LogP contribution in [0.3, 0.4) is 0 Å². The molecule has 4 aromatic rings. The molecule has 4 N–H and O–H groups in total. The van der Waals surface area contributed by atoms with Crippen LogP contribution in [0.1, 0.15) is 11.7 Å². The lowest BCUT2D eigenvalue weighted by Crippen LogP contribution is -2.23. The molecule has 1 unspecified atom stereocenters. The van der Waals surface area contributed by atoms with Crippen LogP contribution < -0.4 is 11.1 Å². The minimum Gasteiger partial charge on any atom is -0.345 e. The van der Waals surface area contributed by atoms with Crippen molar-refractivity contribution in [1.82, 2.24) is 24.9 Å². The van der Waals surface area contributed by atoms with Gasteiger partial charge in [-0.05, 0) is 18.2 Å². The fourth-order valence-corrected chi connectivity index (χ4v) is 3.81. The molecule has 0 aliphatic rings. The summed E-state index contributed by atoms with van der Waals surface area (Å²) in [7, 11) is 0. The van der Waals surface area contributed by atoms with Crippen LogP contribution >= 0.6 is 27.5 Å². The number of anilines is 1. The average Bonchev–Trinajstić information content (AvgIpc) is 3.32. The Morgan fingerprint density at radius 3 is 2.66 bits per heavy atom. The van der Waals surface area contributed by atoms with Gasteiger partial charge in [-0.3, -0.25) is 15.1 Å². The Hall–Kier alpha value is -3.41. The largest absolute Gasteiger partial charge is 0.345 e. The SMILES string of the molecule is NCC(Nc1ncc(-c2ncc[nH]2)c(-c2ccc(Br)cc2Cl)n1)c1ccc([N+](=O)[O-])cn1. The Bertz CT molecular complexity index is 1250. The van der Waals surface area contributed by atoms with Gasteiger partial charge in [0.25, 0.3) is 5.69 Å². The molecule has 3 aromatic heterocycles. The zero-order valence-electron chi connectivity index (χ0n) is 16.4. The fourth-order valence-electron chi connectivity index (χ4n) is 3.05. The lowest BCUT2D eigenvalue weighted by molar-refractivity contribution is -0.385. The third-order valence-electron chi connectivity index (χ3n) is 4.61. The summed E-state index contributed by atoms with van der Waals surface area (Å²) in [6.07, 6.45) is 6.17. The van der Waals surface area contributed by atoms with E-state index in [4.69, 9.17) is 17.3 Å². The summed E-state index contributed by atoms with van der Waals surface area (Å²) < 4.78 is 0.839. The van der Waals surface area contributed by atoms with Crippen molar-refractivity contribution >= 4 is 39.2 Å². The summed E-state index contributed by atoms with van der Waals surface area (Å²) >= 11 is 9.90. The first-order valence-corrected chi connectivity index (χ1v) is 10.5. The first kappa shape index (κ1) is 21.8. The van der Waals surface area contributed by atoms with E-state index in [2.05, 4.69) is 46.2 Å². The van der Waals surface area contributed by atoms with E-state index in [9.17, 15) is 10.1 Å². The molecule has 12 heteroatoms. The number of nitrogens with one attached hydrogen (secondary N) is 2. The smallest absolute Gasteiger partial charge is 0.287 e. The molecule has 0 radical (unpaired) electrons. The highest BCUT2D eigenvalue weighted by Crippen LogP contribution is 2.35. The molecule has 0 saturated carbocycles. The van der Waals surface area contributed by atoms with Crippen molar-refractivity contribution in [3.05, 3.63) is 80.4 Å². The second-order valence-electron chi connectivity index (χ2n) is 6.65. The highest BCUT2D eigenvalue weighted by Gasteiger charge is 2.19. The Kier molecular flexibility index (Phi) is 6.40. The van der Waals surface area contributed by atoms with E-state index in [0.29, 0.717) is 39.3 Å². The number of aromatic nitrogens is 5. The van der Waals surface area contributed by atoms with Crippen LogP contribution in [0.2, 0.25) is 5.02 Å². The van der Waals surface area contributed by atoms with Gasteiger partial charge in [0.05, 0.1) is 32.9 Å². The molecule has 0 spiro atoms. The molecular weight excluding hydrogens is 500 g/mol. The van der Waals surface area contributed by atoms with Gasteiger partial charge >= 0.3 is 0 Å². The normalized spacial score (nSPS) is 11.8. The average molecular weight is 516 g/mol. The molecular formula is C20H16BrClN8O2. The summed E-state index contributed by atoms with van der Waals surface area (Å²) in [5.74, 6) is 0.892. The van der Waals surface area contributed by atoms with E-state index >= 15 is 0 Å². The van der Waals surface area contributed by atoms with Crippen LogP contribution in [-0.2, 0) is 0 Å². The molecule has 32 heavy (non-hydrogen) atoms. The van der Waals surface area contributed by atoms with E-state index in [1.807, 2.05) is 12.1 Å². The summed E-state index contributed by atoms with van der Waals surface area (Å²) in [4.78, 5) is 31.0. The second kappa shape index (κ2) is 9.39. The summed E-state index contributed by atoms with van der Waals surface area (Å²) in [5.41, 5.74) is 8.28. The number of nitro groups is 1. The molecule has 0 amide bonds. The number of nitrogens with zero attached hydrogens (tertiary/aromatic N) is 5.